The Morgan fingerprint density at radius 2 is 1.90 bits per heavy atom. The van der Waals surface area contributed by atoms with Crippen molar-refractivity contribution in [1.29, 1.82) is 0 Å². The number of hydrogen-bond donors (Lipinski definition) is 1. The highest BCUT2D eigenvalue weighted by Crippen LogP contribution is 2.29. The highest BCUT2D eigenvalue weighted by Gasteiger charge is 2.29. The summed E-state index contributed by atoms with van der Waals surface area (Å²) in [4.78, 5) is 8.12. The average Bonchev–Trinajstić information content (AvgIpc) is 2.46. The zero-order valence-electron chi connectivity index (χ0n) is 10.9. The Balaban J connectivity index is 2.03. The van der Waals surface area contributed by atoms with Crippen LogP contribution in [0.3, 0.4) is 0 Å². The lowest BCUT2D eigenvalue weighted by Gasteiger charge is -2.09. The fourth-order valence-electron chi connectivity index (χ4n) is 1.57. The van der Waals surface area contributed by atoms with Crippen molar-refractivity contribution >= 4 is 21.9 Å². The Morgan fingerprint density at radius 1 is 1.24 bits per heavy atom. The van der Waals surface area contributed by atoms with Crippen LogP contribution in [-0.4, -0.2) is 17.1 Å². The maximum Gasteiger partial charge on any atom is 0.416 e. The maximum atomic E-state index is 12.4. The van der Waals surface area contributed by atoms with Gasteiger partial charge in [0.05, 0.1) is 23.3 Å². The van der Waals surface area contributed by atoms with E-state index in [1.165, 1.54) is 25.4 Å². The molecule has 112 valence electrons. The third-order valence-corrected chi connectivity index (χ3v) is 3.18. The highest BCUT2D eigenvalue weighted by atomic mass is 79.9. The van der Waals surface area contributed by atoms with Crippen molar-refractivity contribution in [2.75, 3.05) is 12.4 Å². The molecule has 0 bridgehead atoms. The molecule has 0 fully saturated rings. The Kier molecular flexibility index (Phi) is 4.66. The second-order valence-electron chi connectivity index (χ2n) is 4.10. The molecular weight excluding hydrogens is 351 g/mol. The van der Waals surface area contributed by atoms with Crippen LogP contribution in [0.5, 0.6) is 5.88 Å². The third-order valence-electron chi connectivity index (χ3n) is 2.64. The predicted molar refractivity (Wildman–Crippen MR) is 75.1 cm³/mol. The smallest absolute Gasteiger partial charge is 0.416 e. The normalized spacial score (nSPS) is 11.3. The van der Waals surface area contributed by atoms with E-state index < -0.39 is 11.7 Å². The SMILES string of the molecule is COc1nc(NCc2ccc(C(F)(F)F)cc2)ncc1Br. The van der Waals surface area contributed by atoms with E-state index in [4.69, 9.17) is 4.74 Å². The summed E-state index contributed by atoms with van der Waals surface area (Å²) in [5.74, 6) is 0.704. The molecule has 0 radical (unpaired) electrons. The standard InChI is InChI=1S/C13H11BrF3N3O/c1-21-11-10(14)7-19-12(20-11)18-6-8-2-4-9(5-3-8)13(15,16)17/h2-5,7H,6H2,1H3,(H,18,19,20). The molecule has 0 amide bonds. The molecule has 0 aliphatic rings. The molecule has 8 heteroatoms. The lowest BCUT2D eigenvalue weighted by molar-refractivity contribution is -0.137. The maximum absolute atomic E-state index is 12.4. The highest BCUT2D eigenvalue weighted by molar-refractivity contribution is 9.10. The Morgan fingerprint density at radius 3 is 2.48 bits per heavy atom. The lowest BCUT2D eigenvalue weighted by atomic mass is 10.1. The van der Waals surface area contributed by atoms with Crippen molar-refractivity contribution in [3.05, 3.63) is 46.1 Å². The number of benzene rings is 1. The number of anilines is 1. The first-order chi connectivity index (χ1) is 9.90. The Labute approximate surface area is 127 Å². The second-order valence-corrected chi connectivity index (χ2v) is 4.95. The van der Waals surface area contributed by atoms with E-state index in [9.17, 15) is 13.2 Å². The molecular formula is C13H11BrF3N3O. The first kappa shape index (κ1) is 15.6. The van der Waals surface area contributed by atoms with Gasteiger partial charge in [0.1, 0.15) is 0 Å². The van der Waals surface area contributed by atoms with Gasteiger partial charge < -0.3 is 10.1 Å². The van der Waals surface area contributed by atoms with Crippen molar-refractivity contribution in [3.8, 4) is 5.88 Å². The number of ether oxygens (including phenoxy) is 1. The van der Waals surface area contributed by atoms with Crippen LogP contribution in [-0.2, 0) is 12.7 Å². The fourth-order valence-corrected chi connectivity index (χ4v) is 1.93. The molecule has 0 aliphatic carbocycles. The van der Waals surface area contributed by atoms with Crippen molar-refractivity contribution in [2.45, 2.75) is 12.7 Å². The minimum absolute atomic E-state index is 0.308. The van der Waals surface area contributed by atoms with Gasteiger partial charge in [-0.2, -0.15) is 18.2 Å². The van der Waals surface area contributed by atoms with Gasteiger partial charge in [0, 0.05) is 6.54 Å². The molecule has 0 unspecified atom stereocenters. The van der Waals surface area contributed by atoms with Crippen LogP contribution < -0.4 is 10.1 Å². The van der Waals surface area contributed by atoms with Crippen molar-refractivity contribution in [1.82, 2.24) is 9.97 Å². The number of methoxy groups -OCH3 is 1. The number of nitrogens with zero attached hydrogens (tertiary/aromatic N) is 2. The number of alkyl halides is 3. The summed E-state index contributed by atoms with van der Waals surface area (Å²) >= 11 is 3.23. The number of halogens is 4. The Bertz CT molecular complexity index is 617. The quantitative estimate of drug-likeness (QED) is 0.897. The van der Waals surface area contributed by atoms with Gasteiger partial charge >= 0.3 is 6.18 Å². The van der Waals surface area contributed by atoms with Crippen LogP contribution in [0.25, 0.3) is 0 Å². The van der Waals surface area contributed by atoms with Gasteiger partial charge in [-0.05, 0) is 33.6 Å². The molecule has 1 aromatic heterocycles. The molecule has 4 nitrogen and oxygen atoms in total. The number of aromatic nitrogens is 2. The van der Waals surface area contributed by atoms with E-state index in [0.717, 1.165) is 12.1 Å². The summed E-state index contributed by atoms with van der Waals surface area (Å²) in [6.45, 7) is 0.308. The topological polar surface area (TPSA) is 47.0 Å². The summed E-state index contributed by atoms with van der Waals surface area (Å²) in [5.41, 5.74) is 0.0151. The number of nitrogens with one attached hydrogen (secondary N) is 1. The molecule has 2 aromatic rings. The first-order valence-electron chi connectivity index (χ1n) is 5.86. The van der Waals surface area contributed by atoms with Gasteiger partial charge in [0.2, 0.25) is 11.8 Å². The zero-order valence-corrected chi connectivity index (χ0v) is 12.5. The van der Waals surface area contributed by atoms with Crippen molar-refractivity contribution in [3.63, 3.8) is 0 Å². The van der Waals surface area contributed by atoms with Gasteiger partial charge in [0.15, 0.2) is 0 Å². The molecule has 2 rings (SSSR count). The fraction of sp³-hybridized carbons (Fsp3) is 0.231. The van der Waals surface area contributed by atoms with Crippen LogP contribution in [0.2, 0.25) is 0 Å². The van der Waals surface area contributed by atoms with Crippen LogP contribution in [0.15, 0.2) is 34.9 Å². The largest absolute Gasteiger partial charge is 0.480 e. The lowest BCUT2D eigenvalue weighted by Crippen LogP contribution is -2.07. The van der Waals surface area contributed by atoms with E-state index in [1.807, 2.05) is 0 Å². The van der Waals surface area contributed by atoms with Gasteiger partial charge in [-0.3, -0.25) is 0 Å². The van der Waals surface area contributed by atoms with E-state index in [1.54, 1.807) is 0 Å². The molecule has 1 N–H and O–H groups in total. The molecule has 0 atom stereocenters. The molecule has 0 aliphatic heterocycles. The molecule has 0 saturated carbocycles. The minimum atomic E-state index is -4.33. The number of hydrogen-bond acceptors (Lipinski definition) is 4. The minimum Gasteiger partial charge on any atom is -0.480 e. The summed E-state index contributed by atoms with van der Waals surface area (Å²) in [7, 11) is 1.48. The summed E-state index contributed by atoms with van der Waals surface area (Å²) < 4.78 is 43.0. The van der Waals surface area contributed by atoms with Gasteiger partial charge in [-0.25, -0.2) is 4.98 Å². The monoisotopic (exact) mass is 361 g/mol. The first-order valence-corrected chi connectivity index (χ1v) is 6.66. The van der Waals surface area contributed by atoms with Crippen molar-refractivity contribution < 1.29 is 17.9 Å². The average molecular weight is 362 g/mol. The van der Waals surface area contributed by atoms with Gasteiger partial charge in [-0.1, -0.05) is 12.1 Å². The third kappa shape index (κ3) is 4.07. The Hall–Kier alpha value is -1.83. The van der Waals surface area contributed by atoms with E-state index in [-0.39, 0.29) is 0 Å². The van der Waals surface area contributed by atoms with E-state index >= 15 is 0 Å². The van der Waals surface area contributed by atoms with Crippen LogP contribution in [0.4, 0.5) is 19.1 Å². The summed E-state index contributed by atoms with van der Waals surface area (Å²) in [6.07, 6.45) is -2.80. The second kappa shape index (κ2) is 6.30. The van der Waals surface area contributed by atoms with Crippen molar-refractivity contribution in [2.24, 2.45) is 0 Å². The van der Waals surface area contributed by atoms with E-state index in [0.29, 0.717) is 28.4 Å². The summed E-state index contributed by atoms with van der Waals surface area (Å²) in [6, 6.07) is 4.90. The van der Waals surface area contributed by atoms with Gasteiger partial charge in [-0.15, -0.1) is 0 Å². The van der Waals surface area contributed by atoms with Crippen LogP contribution >= 0.6 is 15.9 Å². The predicted octanol–water partition coefficient (Wildman–Crippen LogP) is 3.88. The molecule has 21 heavy (non-hydrogen) atoms. The molecule has 0 spiro atoms. The molecule has 1 aromatic carbocycles. The van der Waals surface area contributed by atoms with Crippen LogP contribution in [0.1, 0.15) is 11.1 Å². The van der Waals surface area contributed by atoms with Gasteiger partial charge in [0.25, 0.3) is 0 Å². The zero-order chi connectivity index (χ0) is 15.5. The molecule has 1 heterocycles. The summed E-state index contributed by atoms with van der Waals surface area (Å²) in [5, 5.41) is 2.92. The number of rotatable bonds is 4. The van der Waals surface area contributed by atoms with E-state index in [2.05, 4.69) is 31.2 Å². The van der Waals surface area contributed by atoms with Crippen LogP contribution in [0, 0.1) is 0 Å². The molecule has 0 saturated heterocycles.